The Bertz CT molecular complexity index is 145. The van der Waals surface area contributed by atoms with Gasteiger partial charge in [0.1, 0.15) is 6.10 Å². The van der Waals surface area contributed by atoms with Gasteiger partial charge in [-0.3, -0.25) is 0 Å². The molecule has 1 fully saturated rings. The summed E-state index contributed by atoms with van der Waals surface area (Å²) in [6, 6.07) is 0. The van der Waals surface area contributed by atoms with Crippen molar-refractivity contribution in [2.24, 2.45) is 5.92 Å². The predicted octanol–water partition coefficient (Wildman–Crippen LogP) is 3.90. The zero-order valence-corrected chi connectivity index (χ0v) is 8.96. The Morgan fingerprint density at radius 2 is 2.00 bits per heavy atom. The van der Waals surface area contributed by atoms with Crippen molar-refractivity contribution in [3.63, 3.8) is 0 Å². The molecule has 1 nitrogen and oxygen atoms in total. The Morgan fingerprint density at radius 1 is 1.31 bits per heavy atom. The highest BCUT2D eigenvalue weighted by Crippen LogP contribution is 2.29. The third kappa shape index (κ3) is 3.41. The maximum atomic E-state index is 5.70. The Morgan fingerprint density at radius 3 is 2.54 bits per heavy atom. The monoisotopic (exact) mass is 182 g/mol. The van der Waals surface area contributed by atoms with Crippen LogP contribution in [-0.2, 0) is 4.74 Å². The van der Waals surface area contributed by atoms with Crippen LogP contribution in [0.4, 0.5) is 0 Å². The van der Waals surface area contributed by atoms with E-state index in [9.17, 15) is 0 Å². The van der Waals surface area contributed by atoms with Crippen LogP contribution in [0.3, 0.4) is 0 Å². The van der Waals surface area contributed by atoms with Crippen molar-refractivity contribution >= 4 is 0 Å². The standard InChI is InChI=1S/C12H22O/c1-3-10-13-12(4-2)11-8-6-5-7-9-11/h3,10-12H,4-9H2,1-2H3. The van der Waals surface area contributed by atoms with Crippen LogP contribution in [0.25, 0.3) is 0 Å². The van der Waals surface area contributed by atoms with E-state index < -0.39 is 0 Å². The van der Waals surface area contributed by atoms with Gasteiger partial charge in [0.05, 0.1) is 6.26 Å². The summed E-state index contributed by atoms with van der Waals surface area (Å²) in [5.41, 5.74) is 0. The van der Waals surface area contributed by atoms with Gasteiger partial charge in [0, 0.05) is 0 Å². The molecule has 0 aromatic rings. The van der Waals surface area contributed by atoms with E-state index in [1.165, 1.54) is 32.1 Å². The summed E-state index contributed by atoms with van der Waals surface area (Å²) in [5, 5.41) is 0. The fraction of sp³-hybridized carbons (Fsp3) is 0.833. The van der Waals surface area contributed by atoms with E-state index in [0.717, 1.165) is 12.3 Å². The maximum absolute atomic E-state index is 5.70. The molecule has 1 unspecified atom stereocenters. The van der Waals surface area contributed by atoms with Crippen LogP contribution in [0.1, 0.15) is 52.4 Å². The largest absolute Gasteiger partial charge is 0.498 e. The quantitative estimate of drug-likeness (QED) is 0.599. The van der Waals surface area contributed by atoms with E-state index in [4.69, 9.17) is 4.74 Å². The van der Waals surface area contributed by atoms with Gasteiger partial charge in [-0.2, -0.15) is 0 Å². The normalized spacial score (nSPS) is 22.0. The molecule has 1 atom stereocenters. The molecule has 76 valence electrons. The Balaban J connectivity index is 2.34. The number of hydrogen-bond acceptors (Lipinski definition) is 1. The van der Waals surface area contributed by atoms with E-state index >= 15 is 0 Å². The molecule has 1 aliphatic rings. The van der Waals surface area contributed by atoms with E-state index in [2.05, 4.69) is 6.92 Å². The van der Waals surface area contributed by atoms with E-state index in [-0.39, 0.29) is 0 Å². The lowest BCUT2D eigenvalue weighted by Gasteiger charge is -2.28. The maximum Gasteiger partial charge on any atom is 0.100 e. The molecule has 1 saturated carbocycles. The average molecular weight is 182 g/mol. The van der Waals surface area contributed by atoms with Crippen LogP contribution in [0, 0.1) is 5.92 Å². The molecule has 0 spiro atoms. The van der Waals surface area contributed by atoms with Crippen molar-refractivity contribution in [1.82, 2.24) is 0 Å². The Labute approximate surface area is 82.2 Å². The summed E-state index contributed by atoms with van der Waals surface area (Å²) in [7, 11) is 0. The van der Waals surface area contributed by atoms with Gasteiger partial charge in [0.25, 0.3) is 0 Å². The molecular weight excluding hydrogens is 160 g/mol. The third-order valence-corrected chi connectivity index (χ3v) is 2.97. The van der Waals surface area contributed by atoms with Gasteiger partial charge in [-0.05, 0) is 32.1 Å². The molecule has 0 saturated heterocycles. The topological polar surface area (TPSA) is 9.23 Å². The highest BCUT2D eigenvalue weighted by molar-refractivity contribution is 4.77. The molecule has 0 N–H and O–H groups in total. The molecule has 0 radical (unpaired) electrons. The molecular formula is C12H22O. The lowest BCUT2D eigenvalue weighted by atomic mass is 9.84. The van der Waals surface area contributed by atoms with E-state index in [1.54, 1.807) is 0 Å². The summed E-state index contributed by atoms with van der Waals surface area (Å²) >= 11 is 0. The molecule has 0 amide bonds. The molecule has 1 heteroatoms. The summed E-state index contributed by atoms with van der Waals surface area (Å²) < 4.78 is 5.70. The number of hydrogen-bond donors (Lipinski definition) is 0. The van der Waals surface area contributed by atoms with Crippen LogP contribution in [0.2, 0.25) is 0 Å². The van der Waals surface area contributed by atoms with E-state index in [0.29, 0.717) is 6.10 Å². The fourth-order valence-corrected chi connectivity index (χ4v) is 2.23. The second-order valence-electron chi connectivity index (χ2n) is 3.95. The lowest BCUT2D eigenvalue weighted by Crippen LogP contribution is -2.23. The van der Waals surface area contributed by atoms with Gasteiger partial charge in [0.15, 0.2) is 0 Å². The van der Waals surface area contributed by atoms with Crippen molar-refractivity contribution in [3.8, 4) is 0 Å². The molecule has 1 rings (SSSR count). The zero-order chi connectivity index (χ0) is 9.52. The minimum atomic E-state index is 0.469. The molecule has 0 aromatic carbocycles. The lowest BCUT2D eigenvalue weighted by molar-refractivity contribution is 0.0632. The van der Waals surface area contributed by atoms with Gasteiger partial charge in [0.2, 0.25) is 0 Å². The van der Waals surface area contributed by atoms with Crippen LogP contribution in [0.5, 0.6) is 0 Å². The van der Waals surface area contributed by atoms with Crippen LogP contribution < -0.4 is 0 Å². The molecule has 0 aromatic heterocycles. The zero-order valence-electron chi connectivity index (χ0n) is 8.96. The van der Waals surface area contributed by atoms with Crippen LogP contribution in [0.15, 0.2) is 12.3 Å². The van der Waals surface area contributed by atoms with Crippen molar-refractivity contribution in [2.45, 2.75) is 58.5 Å². The average Bonchev–Trinajstić information content (AvgIpc) is 2.21. The second-order valence-corrected chi connectivity index (χ2v) is 3.95. The summed E-state index contributed by atoms with van der Waals surface area (Å²) in [5.74, 6) is 0.815. The van der Waals surface area contributed by atoms with Crippen LogP contribution in [-0.4, -0.2) is 6.10 Å². The number of rotatable bonds is 4. The highest BCUT2D eigenvalue weighted by Gasteiger charge is 2.22. The minimum absolute atomic E-state index is 0.469. The van der Waals surface area contributed by atoms with Gasteiger partial charge in [-0.25, -0.2) is 0 Å². The van der Waals surface area contributed by atoms with Gasteiger partial charge in [-0.15, -0.1) is 0 Å². The smallest absolute Gasteiger partial charge is 0.100 e. The summed E-state index contributed by atoms with van der Waals surface area (Å²) in [6.45, 7) is 4.23. The highest BCUT2D eigenvalue weighted by atomic mass is 16.5. The van der Waals surface area contributed by atoms with Crippen molar-refractivity contribution < 1.29 is 4.74 Å². The van der Waals surface area contributed by atoms with Crippen LogP contribution >= 0.6 is 0 Å². The predicted molar refractivity (Wildman–Crippen MR) is 56.6 cm³/mol. The van der Waals surface area contributed by atoms with Crippen molar-refractivity contribution in [1.29, 1.82) is 0 Å². The first-order valence-electron chi connectivity index (χ1n) is 5.65. The first-order chi connectivity index (χ1) is 6.38. The first kappa shape index (κ1) is 10.6. The second kappa shape index (κ2) is 6.06. The minimum Gasteiger partial charge on any atom is -0.498 e. The Kier molecular flexibility index (Phi) is 4.95. The first-order valence-corrected chi connectivity index (χ1v) is 5.65. The SMILES string of the molecule is CC=COC(CC)C1CCCCC1. The molecule has 0 aliphatic heterocycles. The third-order valence-electron chi connectivity index (χ3n) is 2.97. The van der Waals surface area contributed by atoms with Gasteiger partial charge >= 0.3 is 0 Å². The number of allylic oxidation sites excluding steroid dienone is 1. The Hall–Kier alpha value is -0.460. The van der Waals surface area contributed by atoms with Crippen molar-refractivity contribution in [2.75, 3.05) is 0 Å². The fourth-order valence-electron chi connectivity index (χ4n) is 2.23. The molecule has 13 heavy (non-hydrogen) atoms. The summed E-state index contributed by atoms with van der Waals surface area (Å²) in [4.78, 5) is 0. The molecule has 0 heterocycles. The van der Waals surface area contributed by atoms with Crippen molar-refractivity contribution in [3.05, 3.63) is 12.3 Å². The van der Waals surface area contributed by atoms with Gasteiger partial charge < -0.3 is 4.74 Å². The van der Waals surface area contributed by atoms with E-state index in [1.807, 2.05) is 19.3 Å². The van der Waals surface area contributed by atoms with Gasteiger partial charge in [-0.1, -0.05) is 32.3 Å². The molecule has 1 aliphatic carbocycles. The molecule has 0 bridgehead atoms. The number of ether oxygens (including phenoxy) is 1. The summed E-state index contributed by atoms with van der Waals surface area (Å²) in [6.07, 6.45) is 12.4.